The van der Waals surface area contributed by atoms with Crippen molar-refractivity contribution in [2.24, 2.45) is 0 Å². The number of hydrogen-bond donors (Lipinski definition) is 1. The van der Waals surface area contributed by atoms with Crippen molar-refractivity contribution in [2.45, 2.75) is 17.9 Å². The molecule has 5 nitrogen and oxygen atoms in total. The number of fused-ring (bicyclic) bond motifs is 1. The Bertz CT molecular complexity index is 1220. The number of sulfonamides is 1. The Morgan fingerprint density at radius 1 is 1.07 bits per heavy atom. The number of rotatable bonds is 5. The van der Waals surface area contributed by atoms with E-state index < -0.39 is 15.8 Å². The smallest absolute Gasteiger partial charge is 0.264 e. The van der Waals surface area contributed by atoms with Gasteiger partial charge in [0.1, 0.15) is 5.82 Å². The van der Waals surface area contributed by atoms with Crippen LogP contribution in [0.15, 0.2) is 71.6 Å². The SMILES string of the molecule is O=C(NCc1ccc(F)cc1Cl)c1ccc2c(c1)N(S(=O)(=O)c1ccccc1)CC2. The van der Waals surface area contributed by atoms with Crippen LogP contribution in [-0.2, 0) is 23.0 Å². The molecule has 0 atom stereocenters. The van der Waals surface area contributed by atoms with Gasteiger partial charge in [-0.15, -0.1) is 0 Å². The third-order valence-corrected chi connectivity index (χ3v) is 7.17. The summed E-state index contributed by atoms with van der Waals surface area (Å²) in [6, 6.07) is 17.2. The van der Waals surface area contributed by atoms with Crippen molar-refractivity contribution in [2.75, 3.05) is 10.8 Å². The summed E-state index contributed by atoms with van der Waals surface area (Å²) in [6.45, 7) is 0.448. The Kier molecular flexibility index (Phi) is 5.49. The summed E-state index contributed by atoms with van der Waals surface area (Å²) < 4.78 is 40.6. The van der Waals surface area contributed by atoms with E-state index in [1.165, 1.54) is 22.5 Å². The summed E-state index contributed by atoms with van der Waals surface area (Å²) in [5.74, 6) is -0.824. The Morgan fingerprint density at radius 3 is 2.57 bits per heavy atom. The maximum Gasteiger partial charge on any atom is 0.264 e. The quantitative estimate of drug-likeness (QED) is 0.642. The second-order valence-electron chi connectivity index (χ2n) is 6.90. The average molecular weight is 445 g/mol. The van der Waals surface area contributed by atoms with E-state index in [4.69, 9.17) is 11.6 Å². The molecule has 8 heteroatoms. The van der Waals surface area contributed by atoms with Gasteiger partial charge in [-0.3, -0.25) is 9.10 Å². The van der Waals surface area contributed by atoms with Crippen LogP contribution in [0.5, 0.6) is 0 Å². The lowest BCUT2D eigenvalue weighted by Crippen LogP contribution is -2.29. The molecule has 1 aliphatic rings. The number of anilines is 1. The zero-order chi connectivity index (χ0) is 21.3. The van der Waals surface area contributed by atoms with Gasteiger partial charge in [0.15, 0.2) is 0 Å². The molecule has 0 unspecified atom stereocenters. The normalized spacial score (nSPS) is 13.2. The zero-order valence-corrected chi connectivity index (χ0v) is 17.4. The van der Waals surface area contributed by atoms with Gasteiger partial charge in [-0.1, -0.05) is 41.9 Å². The molecule has 0 bridgehead atoms. The van der Waals surface area contributed by atoms with Crippen LogP contribution in [0.1, 0.15) is 21.5 Å². The fraction of sp³-hybridized carbons (Fsp3) is 0.136. The Hall–Kier alpha value is -2.90. The molecule has 0 radical (unpaired) electrons. The maximum atomic E-state index is 13.2. The van der Waals surface area contributed by atoms with Crippen molar-refractivity contribution < 1.29 is 17.6 Å². The minimum absolute atomic E-state index is 0.126. The number of amides is 1. The van der Waals surface area contributed by atoms with Gasteiger partial charge in [-0.25, -0.2) is 12.8 Å². The molecule has 0 aliphatic carbocycles. The first-order valence-electron chi connectivity index (χ1n) is 9.29. The van der Waals surface area contributed by atoms with Gasteiger partial charge < -0.3 is 5.32 Å². The van der Waals surface area contributed by atoms with Crippen molar-refractivity contribution in [1.82, 2.24) is 5.32 Å². The molecule has 1 N–H and O–H groups in total. The molecular weight excluding hydrogens is 427 g/mol. The highest BCUT2D eigenvalue weighted by Crippen LogP contribution is 2.33. The van der Waals surface area contributed by atoms with Crippen LogP contribution in [0.3, 0.4) is 0 Å². The third-order valence-electron chi connectivity index (χ3n) is 4.99. The van der Waals surface area contributed by atoms with E-state index >= 15 is 0 Å². The van der Waals surface area contributed by atoms with Gasteiger partial charge in [-0.05, 0) is 53.9 Å². The predicted octanol–water partition coefficient (Wildman–Crippen LogP) is 4.16. The fourth-order valence-corrected chi connectivity index (χ4v) is 5.15. The molecule has 0 fully saturated rings. The van der Waals surface area contributed by atoms with Crippen LogP contribution in [-0.4, -0.2) is 20.9 Å². The van der Waals surface area contributed by atoms with Gasteiger partial charge in [0.05, 0.1) is 10.6 Å². The van der Waals surface area contributed by atoms with Crippen molar-refractivity contribution in [1.29, 1.82) is 0 Å². The second-order valence-corrected chi connectivity index (χ2v) is 9.17. The zero-order valence-electron chi connectivity index (χ0n) is 15.8. The average Bonchev–Trinajstić information content (AvgIpc) is 3.17. The number of nitrogens with one attached hydrogen (secondary N) is 1. The maximum absolute atomic E-state index is 13.2. The van der Waals surface area contributed by atoms with Crippen LogP contribution >= 0.6 is 11.6 Å². The fourth-order valence-electron chi connectivity index (χ4n) is 3.40. The molecule has 1 heterocycles. The Balaban J connectivity index is 1.56. The van der Waals surface area contributed by atoms with Gasteiger partial charge in [0, 0.05) is 23.7 Å². The predicted molar refractivity (Wildman–Crippen MR) is 114 cm³/mol. The van der Waals surface area contributed by atoms with Crippen molar-refractivity contribution in [3.05, 3.63) is 94.3 Å². The molecule has 30 heavy (non-hydrogen) atoms. The molecule has 1 aliphatic heterocycles. The topological polar surface area (TPSA) is 66.5 Å². The van der Waals surface area contributed by atoms with Gasteiger partial charge in [0.25, 0.3) is 15.9 Å². The highest BCUT2D eigenvalue weighted by atomic mass is 35.5. The van der Waals surface area contributed by atoms with Gasteiger partial charge >= 0.3 is 0 Å². The third kappa shape index (κ3) is 3.91. The number of benzene rings is 3. The first-order valence-corrected chi connectivity index (χ1v) is 11.1. The molecular formula is C22H18ClFN2O3S. The molecule has 0 saturated heterocycles. The van der Waals surface area contributed by atoms with E-state index in [2.05, 4.69) is 5.32 Å². The first kappa shape index (κ1) is 20.4. The summed E-state index contributed by atoms with van der Waals surface area (Å²) in [6.07, 6.45) is 0.578. The van der Waals surface area contributed by atoms with Crippen LogP contribution in [0.25, 0.3) is 0 Å². The Labute approximate surface area is 179 Å². The van der Waals surface area contributed by atoms with Crippen LogP contribution in [0.2, 0.25) is 5.02 Å². The lowest BCUT2D eigenvalue weighted by Gasteiger charge is -2.20. The summed E-state index contributed by atoms with van der Waals surface area (Å²) in [5.41, 5.74) is 2.29. The van der Waals surface area contributed by atoms with Crippen molar-refractivity contribution in [3.8, 4) is 0 Å². The molecule has 3 aromatic carbocycles. The van der Waals surface area contributed by atoms with E-state index in [-0.39, 0.29) is 22.4 Å². The molecule has 154 valence electrons. The standard InChI is InChI=1S/C22H18ClFN2O3S/c23-20-13-18(24)9-8-17(20)14-25-22(27)16-7-6-15-10-11-26(21(15)12-16)30(28,29)19-4-2-1-3-5-19/h1-9,12-13H,10-11,14H2,(H,25,27). The van der Waals surface area contributed by atoms with E-state index in [0.717, 1.165) is 5.56 Å². The van der Waals surface area contributed by atoms with Gasteiger partial charge in [0.2, 0.25) is 0 Å². The first-order chi connectivity index (χ1) is 14.4. The number of carbonyl (C=O) groups excluding carboxylic acids is 1. The monoisotopic (exact) mass is 444 g/mol. The summed E-state index contributed by atoms with van der Waals surface area (Å²) >= 11 is 6.00. The largest absolute Gasteiger partial charge is 0.348 e. The second kappa shape index (κ2) is 8.08. The lowest BCUT2D eigenvalue weighted by atomic mass is 10.1. The molecule has 0 spiro atoms. The van der Waals surface area contributed by atoms with Crippen molar-refractivity contribution in [3.63, 3.8) is 0 Å². The van der Waals surface area contributed by atoms with Gasteiger partial charge in [-0.2, -0.15) is 0 Å². The van der Waals surface area contributed by atoms with E-state index in [1.807, 2.05) is 0 Å². The molecule has 3 aromatic rings. The summed E-state index contributed by atoms with van der Waals surface area (Å²) in [5, 5.41) is 2.96. The molecule has 0 saturated carbocycles. The lowest BCUT2D eigenvalue weighted by molar-refractivity contribution is 0.0951. The van der Waals surface area contributed by atoms with Crippen molar-refractivity contribution >= 4 is 33.2 Å². The Morgan fingerprint density at radius 2 is 1.83 bits per heavy atom. The number of nitrogens with zero attached hydrogens (tertiary/aromatic N) is 1. The highest BCUT2D eigenvalue weighted by Gasteiger charge is 2.31. The van der Waals surface area contributed by atoms with E-state index in [0.29, 0.717) is 29.8 Å². The number of hydrogen-bond acceptors (Lipinski definition) is 3. The molecule has 0 aromatic heterocycles. The molecule has 4 rings (SSSR count). The van der Waals surface area contributed by atoms with E-state index in [1.54, 1.807) is 48.5 Å². The number of carbonyl (C=O) groups is 1. The van der Waals surface area contributed by atoms with Crippen LogP contribution in [0.4, 0.5) is 10.1 Å². The van der Waals surface area contributed by atoms with E-state index in [9.17, 15) is 17.6 Å². The number of halogens is 2. The highest BCUT2D eigenvalue weighted by molar-refractivity contribution is 7.92. The minimum Gasteiger partial charge on any atom is -0.348 e. The minimum atomic E-state index is -3.71. The molecule has 1 amide bonds. The summed E-state index contributed by atoms with van der Waals surface area (Å²) in [7, 11) is -3.71. The van der Waals surface area contributed by atoms with Crippen LogP contribution < -0.4 is 9.62 Å². The summed E-state index contributed by atoms with van der Waals surface area (Å²) in [4.78, 5) is 12.8. The van der Waals surface area contributed by atoms with Crippen LogP contribution in [0, 0.1) is 5.82 Å².